The second-order valence-corrected chi connectivity index (χ2v) is 8.68. The predicted molar refractivity (Wildman–Crippen MR) is 111 cm³/mol. The van der Waals surface area contributed by atoms with E-state index in [-0.39, 0.29) is 4.90 Å². The van der Waals surface area contributed by atoms with Gasteiger partial charge in [-0.2, -0.15) is 8.42 Å². The zero-order valence-corrected chi connectivity index (χ0v) is 16.7. The number of hydrogen-bond acceptors (Lipinski definition) is 6. The number of nitrogens with two attached hydrogens (primary N) is 3. The van der Waals surface area contributed by atoms with Gasteiger partial charge >= 0.3 is 0 Å². The lowest BCUT2D eigenvalue weighted by Crippen LogP contribution is -2.24. The van der Waals surface area contributed by atoms with E-state index in [1.165, 1.54) is 35.6 Å². The van der Waals surface area contributed by atoms with E-state index >= 15 is 0 Å². The third kappa shape index (κ3) is 3.75. The van der Waals surface area contributed by atoms with Crippen LogP contribution in [-0.4, -0.2) is 25.3 Å². The van der Waals surface area contributed by atoms with Crippen LogP contribution in [0.25, 0.3) is 10.2 Å². The van der Waals surface area contributed by atoms with Gasteiger partial charge in [-0.1, -0.05) is 0 Å². The van der Waals surface area contributed by atoms with E-state index in [1.54, 1.807) is 0 Å². The van der Waals surface area contributed by atoms with Crippen LogP contribution in [0.4, 0.5) is 11.4 Å². The number of guanidine groups is 1. The molecule has 1 aromatic carbocycles. The summed E-state index contributed by atoms with van der Waals surface area (Å²) < 4.78 is 27.1. The van der Waals surface area contributed by atoms with E-state index in [0.29, 0.717) is 21.1 Å². The summed E-state index contributed by atoms with van der Waals surface area (Å²) >= 11 is 1.20. The Bertz CT molecular complexity index is 1210. The maximum absolute atomic E-state index is 12.6. The predicted octanol–water partition coefficient (Wildman–Crippen LogP) is 1.71. The van der Waals surface area contributed by atoms with Crippen LogP contribution in [0.2, 0.25) is 0 Å². The molecule has 0 aliphatic rings. The number of nitrogens with one attached hydrogen (secondary N) is 1. The second kappa shape index (κ2) is 7.09. The van der Waals surface area contributed by atoms with Gasteiger partial charge in [-0.05, 0) is 49.7 Å². The molecule has 2 heterocycles. The number of hydrogen-bond donors (Lipinski definition) is 4. The Balaban J connectivity index is 1.88. The fourth-order valence-electron chi connectivity index (χ4n) is 2.73. The molecule has 0 atom stereocenters. The smallest absolute Gasteiger partial charge is 0.285 e. The van der Waals surface area contributed by atoms with Crippen LogP contribution in [0.5, 0.6) is 0 Å². The molecule has 0 saturated heterocycles. The number of nitrogens with zero attached hydrogens (tertiary/aromatic N) is 2. The van der Waals surface area contributed by atoms with Crippen LogP contribution < -0.4 is 22.5 Å². The van der Waals surface area contributed by atoms with Crippen molar-refractivity contribution in [2.45, 2.75) is 18.7 Å². The summed E-state index contributed by atoms with van der Waals surface area (Å²) in [4.78, 5) is 18.0. The molecule has 11 heteroatoms. The normalized spacial score (nSPS) is 11.4. The Morgan fingerprint density at radius 1 is 1.18 bits per heavy atom. The Labute approximate surface area is 165 Å². The molecule has 0 spiro atoms. The van der Waals surface area contributed by atoms with Crippen LogP contribution in [0.15, 0.2) is 39.6 Å². The molecule has 0 unspecified atom stereocenters. The zero-order chi connectivity index (χ0) is 20.6. The van der Waals surface area contributed by atoms with Crippen molar-refractivity contribution >= 4 is 54.8 Å². The average Bonchev–Trinajstić information content (AvgIpc) is 2.91. The molecule has 0 bridgehead atoms. The van der Waals surface area contributed by atoms with E-state index in [2.05, 4.69) is 14.7 Å². The van der Waals surface area contributed by atoms with Gasteiger partial charge in [0.15, 0.2) is 0 Å². The molecule has 146 valence electrons. The number of rotatable bonds is 4. The number of aryl methyl sites for hydroxylation is 2. The van der Waals surface area contributed by atoms with Crippen LogP contribution in [-0.2, 0) is 10.0 Å². The Morgan fingerprint density at radius 3 is 2.43 bits per heavy atom. The summed E-state index contributed by atoms with van der Waals surface area (Å²) in [5.41, 5.74) is 19.0. The standard InChI is InChI=1S/C17H18N6O3S2/c1-8-7-9(2)21-16-12(8)13(18)14(27-16)15(24)22-10-3-5-11(6-4-10)28(25,26)23-17(19)20/h3-7H,18H2,1-2H3,(H,22,24)(H4,19,20,23). The van der Waals surface area contributed by atoms with Crippen LogP contribution in [0.3, 0.4) is 0 Å². The van der Waals surface area contributed by atoms with Gasteiger partial charge < -0.3 is 22.5 Å². The molecule has 1 amide bonds. The number of anilines is 2. The lowest BCUT2D eigenvalue weighted by Gasteiger charge is -2.06. The molecular weight excluding hydrogens is 400 g/mol. The van der Waals surface area contributed by atoms with E-state index in [4.69, 9.17) is 17.2 Å². The largest absolute Gasteiger partial charge is 0.397 e. The fraction of sp³-hybridized carbons (Fsp3) is 0.118. The topological polar surface area (TPSA) is 167 Å². The SMILES string of the molecule is Cc1cc(C)c2c(N)c(C(=O)Nc3ccc(S(=O)(=O)N=C(N)N)cc3)sc2n1. The molecule has 0 aliphatic heterocycles. The molecule has 9 nitrogen and oxygen atoms in total. The molecule has 28 heavy (non-hydrogen) atoms. The highest BCUT2D eigenvalue weighted by Crippen LogP contribution is 2.35. The summed E-state index contributed by atoms with van der Waals surface area (Å²) in [5, 5.41) is 3.46. The number of nitrogen functional groups attached to an aromatic ring is 1. The number of thiophene rings is 1. The maximum atomic E-state index is 12.6. The summed E-state index contributed by atoms with van der Waals surface area (Å²) in [6.45, 7) is 3.79. The molecule has 0 saturated carbocycles. The number of amides is 1. The number of sulfonamides is 1. The third-order valence-electron chi connectivity index (χ3n) is 3.87. The third-order valence-corrected chi connectivity index (χ3v) is 6.28. The molecule has 3 aromatic rings. The highest BCUT2D eigenvalue weighted by Gasteiger charge is 2.19. The van der Waals surface area contributed by atoms with Gasteiger partial charge in [0, 0.05) is 16.8 Å². The van der Waals surface area contributed by atoms with Crippen LogP contribution >= 0.6 is 11.3 Å². The molecule has 2 aromatic heterocycles. The van der Waals surface area contributed by atoms with Crippen molar-refractivity contribution in [3.05, 3.63) is 46.5 Å². The van der Waals surface area contributed by atoms with Crippen molar-refractivity contribution < 1.29 is 13.2 Å². The van der Waals surface area contributed by atoms with Crippen LogP contribution in [0, 0.1) is 13.8 Å². The van der Waals surface area contributed by atoms with E-state index in [1.807, 2.05) is 19.9 Å². The summed E-state index contributed by atoms with van der Waals surface area (Å²) in [5.74, 6) is -0.964. The zero-order valence-electron chi connectivity index (χ0n) is 15.1. The van der Waals surface area contributed by atoms with Crippen molar-refractivity contribution in [2.24, 2.45) is 15.9 Å². The highest BCUT2D eigenvalue weighted by molar-refractivity contribution is 7.90. The molecule has 0 fully saturated rings. The molecule has 0 aliphatic carbocycles. The molecule has 0 radical (unpaired) electrons. The number of pyridine rings is 1. The van der Waals surface area contributed by atoms with E-state index in [9.17, 15) is 13.2 Å². The van der Waals surface area contributed by atoms with E-state index in [0.717, 1.165) is 16.6 Å². The first-order chi connectivity index (χ1) is 13.1. The molecule has 7 N–H and O–H groups in total. The Kier molecular flexibility index (Phi) is 4.96. The molecule has 3 rings (SSSR count). The number of carbonyl (C=O) groups is 1. The Morgan fingerprint density at radius 2 is 1.82 bits per heavy atom. The van der Waals surface area contributed by atoms with Crippen molar-refractivity contribution in [1.82, 2.24) is 4.98 Å². The van der Waals surface area contributed by atoms with Gasteiger partial charge in [0.1, 0.15) is 9.71 Å². The number of fused-ring (bicyclic) bond motifs is 1. The number of carbonyl (C=O) groups excluding carboxylic acids is 1. The minimum atomic E-state index is -3.99. The highest BCUT2D eigenvalue weighted by atomic mass is 32.2. The lowest BCUT2D eigenvalue weighted by molar-refractivity contribution is 0.103. The summed E-state index contributed by atoms with van der Waals surface area (Å²) in [6, 6.07) is 7.36. The van der Waals surface area contributed by atoms with Crippen molar-refractivity contribution in [1.29, 1.82) is 0 Å². The number of benzene rings is 1. The minimum absolute atomic E-state index is 0.101. The second-order valence-electron chi connectivity index (χ2n) is 6.08. The van der Waals surface area contributed by atoms with Gasteiger partial charge in [0.05, 0.1) is 10.6 Å². The van der Waals surface area contributed by atoms with E-state index < -0.39 is 21.9 Å². The summed E-state index contributed by atoms with van der Waals surface area (Å²) in [7, 11) is -3.99. The minimum Gasteiger partial charge on any atom is -0.397 e. The van der Waals surface area contributed by atoms with Crippen LogP contribution in [0.1, 0.15) is 20.9 Å². The first-order valence-corrected chi connectivity index (χ1v) is 10.3. The van der Waals surface area contributed by atoms with Gasteiger partial charge in [0.2, 0.25) is 5.96 Å². The lowest BCUT2D eigenvalue weighted by atomic mass is 10.1. The number of aromatic nitrogens is 1. The van der Waals surface area contributed by atoms with Gasteiger partial charge in [0.25, 0.3) is 15.9 Å². The van der Waals surface area contributed by atoms with Crippen molar-refractivity contribution in [2.75, 3.05) is 11.1 Å². The molecular formula is C17H18N6O3S2. The summed E-state index contributed by atoms with van der Waals surface area (Å²) in [6.07, 6.45) is 0. The first kappa shape index (κ1) is 19.6. The van der Waals surface area contributed by atoms with Gasteiger partial charge in [-0.3, -0.25) is 4.79 Å². The fourth-order valence-corrected chi connectivity index (χ4v) is 4.70. The van der Waals surface area contributed by atoms with Gasteiger partial charge in [-0.15, -0.1) is 15.7 Å². The quantitative estimate of drug-likeness (QED) is 0.369. The van der Waals surface area contributed by atoms with Crippen molar-refractivity contribution in [3.8, 4) is 0 Å². The van der Waals surface area contributed by atoms with Crippen molar-refractivity contribution in [3.63, 3.8) is 0 Å². The monoisotopic (exact) mass is 418 g/mol. The maximum Gasteiger partial charge on any atom is 0.285 e. The average molecular weight is 419 g/mol. The Hall–Kier alpha value is -3.18. The van der Waals surface area contributed by atoms with Gasteiger partial charge in [-0.25, -0.2) is 4.98 Å². The first-order valence-electron chi connectivity index (χ1n) is 8.02.